The lowest BCUT2D eigenvalue weighted by Gasteiger charge is -2.24. The summed E-state index contributed by atoms with van der Waals surface area (Å²) in [5.74, 6) is -0.754. The second kappa shape index (κ2) is 6.47. The van der Waals surface area contributed by atoms with Crippen LogP contribution in [0.5, 0.6) is 0 Å². The second-order valence-corrected chi connectivity index (χ2v) is 6.14. The molecule has 1 N–H and O–H groups in total. The first-order chi connectivity index (χ1) is 12.2. The van der Waals surface area contributed by atoms with Crippen molar-refractivity contribution in [3.05, 3.63) is 72.1 Å². The van der Waals surface area contributed by atoms with Crippen LogP contribution < -0.4 is 5.32 Å². The number of aromatic nitrogens is 3. The monoisotopic (exact) mass is 336 g/mol. The fourth-order valence-corrected chi connectivity index (χ4v) is 3.36. The van der Waals surface area contributed by atoms with Gasteiger partial charge in [0.05, 0.1) is 5.92 Å². The topological polar surface area (TPSA) is 59.8 Å². The molecule has 126 valence electrons. The molecule has 1 amide bonds. The van der Waals surface area contributed by atoms with Crippen molar-refractivity contribution in [3.63, 3.8) is 0 Å². The summed E-state index contributed by atoms with van der Waals surface area (Å²) in [6, 6.07) is 12.6. The Morgan fingerprint density at radius 3 is 2.92 bits per heavy atom. The molecular formula is C19H17FN4O. The third kappa shape index (κ3) is 3.03. The van der Waals surface area contributed by atoms with E-state index in [1.165, 1.54) is 29.0 Å². The van der Waals surface area contributed by atoms with Crippen molar-refractivity contribution < 1.29 is 9.18 Å². The largest absolute Gasteiger partial charge is 0.325 e. The standard InChI is InChI=1S/C19H17FN4O/c20-17-10-14(8-9-18(17)24-12-21-11-22-24)23-19(25)16-7-3-5-13-4-1-2-6-15(13)16/h1-2,4,6,8-12,16H,3,5,7H2,(H,23,25). The third-order valence-electron chi connectivity index (χ3n) is 4.57. The number of fused-ring (bicyclic) bond motifs is 1. The quantitative estimate of drug-likeness (QED) is 0.797. The maximum atomic E-state index is 14.3. The number of nitrogens with one attached hydrogen (secondary N) is 1. The van der Waals surface area contributed by atoms with Crippen LogP contribution in [-0.2, 0) is 11.2 Å². The molecule has 1 aliphatic carbocycles. The highest BCUT2D eigenvalue weighted by Crippen LogP contribution is 2.32. The first-order valence-electron chi connectivity index (χ1n) is 8.25. The molecule has 3 aromatic rings. The molecule has 0 bridgehead atoms. The second-order valence-electron chi connectivity index (χ2n) is 6.14. The fourth-order valence-electron chi connectivity index (χ4n) is 3.36. The van der Waals surface area contributed by atoms with Gasteiger partial charge in [-0.2, -0.15) is 5.10 Å². The molecule has 1 aromatic heterocycles. The van der Waals surface area contributed by atoms with Crippen molar-refractivity contribution >= 4 is 11.6 Å². The van der Waals surface area contributed by atoms with E-state index < -0.39 is 5.82 Å². The van der Waals surface area contributed by atoms with Gasteiger partial charge in [-0.05, 0) is 48.6 Å². The lowest BCUT2D eigenvalue weighted by Crippen LogP contribution is -2.24. The molecule has 0 saturated carbocycles. The Morgan fingerprint density at radius 2 is 2.12 bits per heavy atom. The summed E-state index contributed by atoms with van der Waals surface area (Å²) in [4.78, 5) is 16.5. The van der Waals surface area contributed by atoms with Gasteiger partial charge in [0.1, 0.15) is 18.3 Å². The molecule has 1 heterocycles. The molecule has 0 aliphatic heterocycles. The van der Waals surface area contributed by atoms with Crippen LogP contribution in [-0.4, -0.2) is 20.7 Å². The number of amides is 1. The third-order valence-corrected chi connectivity index (χ3v) is 4.57. The van der Waals surface area contributed by atoms with E-state index in [1.807, 2.05) is 18.2 Å². The number of carbonyl (C=O) groups is 1. The molecule has 1 aliphatic rings. The molecule has 1 atom stereocenters. The van der Waals surface area contributed by atoms with Crippen molar-refractivity contribution in [2.45, 2.75) is 25.2 Å². The van der Waals surface area contributed by atoms with E-state index in [9.17, 15) is 9.18 Å². The number of hydrogen-bond donors (Lipinski definition) is 1. The summed E-state index contributed by atoms with van der Waals surface area (Å²) < 4.78 is 15.7. The van der Waals surface area contributed by atoms with Crippen LogP contribution in [0.2, 0.25) is 0 Å². The predicted molar refractivity (Wildman–Crippen MR) is 92.1 cm³/mol. The molecule has 0 fully saturated rings. The SMILES string of the molecule is O=C(Nc1ccc(-n2cncn2)c(F)c1)C1CCCc2ccccc21. The summed E-state index contributed by atoms with van der Waals surface area (Å²) in [5, 5.41) is 6.76. The van der Waals surface area contributed by atoms with Crippen LogP contribution in [0.15, 0.2) is 55.1 Å². The van der Waals surface area contributed by atoms with E-state index in [0.717, 1.165) is 24.8 Å². The van der Waals surface area contributed by atoms with Gasteiger partial charge in [-0.15, -0.1) is 0 Å². The zero-order chi connectivity index (χ0) is 17.2. The Balaban J connectivity index is 1.55. The van der Waals surface area contributed by atoms with Crippen LogP contribution in [0.3, 0.4) is 0 Å². The smallest absolute Gasteiger partial charge is 0.231 e. The zero-order valence-electron chi connectivity index (χ0n) is 13.5. The lowest BCUT2D eigenvalue weighted by molar-refractivity contribution is -0.117. The summed E-state index contributed by atoms with van der Waals surface area (Å²) in [7, 11) is 0. The number of rotatable bonds is 3. The number of benzene rings is 2. The normalized spacial score (nSPS) is 16.3. The minimum Gasteiger partial charge on any atom is -0.325 e. The fraction of sp³-hybridized carbons (Fsp3) is 0.211. The minimum absolute atomic E-state index is 0.0972. The van der Waals surface area contributed by atoms with Gasteiger partial charge in [0.25, 0.3) is 0 Å². The number of hydrogen-bond acceptors (Lipinski definition) is 3. The Bertz CT molecular complexity index is 908. The van der Waals surface area contributed by atoms with Gasteiger partial charge in [0.2, 0.25) is 5.91 Å². The van der Waals surface area contributed by atoms with Gasteiger partial charge in [-0.3, -0.25) is 4.79 Å². The van der Waals surface area contributed by atoms with Crippen molar-refractivity contribution in [3.8, 4) is 5.69 Å². The van der Waals surface area contributed by atoms with Gasteiger partial charge >= 0.3 is 0 Å². The van der Waals surface area contributed by atoms with Crippen molar-refractivity contribution in [1.29, 1.82) is 0 Å². The summed E-state index contributed by atoms with van der Waals surface area (Å²) >= 11 is 0. The van der Waals surface area contributed by atoms with E-state index in [0.29, 0.717) is 11.4 Å². The predicted octanol–water partition coefficient (Wildman–Crippen LogP) is 3.47. The van der Waals surface area contributed by atoms with Crippen LogP contribution in [0.1, 0.15) is 29.9 Å². The highest BCUT2D eigenvalue weighted by molar-refractivity contribution is 5.96. The van der Waals surface area contributed by atoms with Crippen LogP contribution in [0.25, 0.3) is 5.69 Å². The molecule has 0 radical (unpaired) electrons. The van der Waals surface area contributed by atoms with E-state index in [1.54, 1.807) is 12.1 Å². The number of halogens is 1. The molecular weight excluding hydrogens is 319 g/mol. The summed E-state index contributed by atoms with van der Waals surface area (Å²) in [5.41, 5.74) is 3.03. The number of anilines is 1. The summed E-state index contributed by atoms with van der Waals surface area (Å²) in [6.45, 7) is 0. The van der Waals surface area contributed by atoms with Gasteiger partial charge in [0, 0.05) is 5.69 Å². The van der Waals surface area contributed by atoms with E-state index in [-0.39, 0.29) is 11.8 Å². The van der Waals surface area contributed by atoms with Gasteiger partial charge in [-0.25, -0.2) is 14.1 Å². The molecule has 0 saturated heterocycles. The average Bonchev–Trinajstić information content (AvgIpc) is 3.15. The van der Waals surface area contributed by atoms with Crippen LogP contribution in [0, 0.1) is 5.82 Å². The van der Waals surface area contributed by atoms with E-state index in [2.05, 4.69) is 21.5 Å². The molecule has 5 nitrogen and oxygen atoms in total. The van der Waals surface area contributed by atoms with Crippen molar-refractivity contribution in [2.24, 2.45) is 0 Å². The Morgan fingerprint density at radius 1 is 1.24 bits per heavy atom. The first kappa shape index (κ1) is 15.5. The lowest BCUT2D eigenvalue weighted by atomic mass is 9.82. The van der Waals surface area contributed by atoms with Crippen molar-refractivity contribution in [2.75, 3.05) is 5.32 Å². The molecule has 1 unspecified atom stereocenters. The highest BCUT2D eigenvalue weighted by atomic mass is 19.1. The first-order valence-corrected chi connectivity index (χ1v) is 8.25. The van der Waals surface area contributed by atoms with Crippen molar-refractivity contribution in [1.82, 2.24) is 14.8 Å². The number of aryl methyl sites for hydroxylation is 1. The molecule has 2 aromatic carbocycles. The Labute approximate surface area is 144 Å². The van der Waals surface area contributed by atoms with E-state index >= 15 is 0 Å². The zero-order valence-corrected chi connectivity index (χ0v) is 13.5. The Kier molecular flexibility index (Phi) is 4.01. The number of carbonyl (C=O) groups excluding carboxylic acids is 1. The van der Waals surface area contributed by atoms with Crippen LogP contribution in [0.4, 0.5) is 10.1 Å². The molecule has 6 heteroatoms. The molecule has 0 spiro atoms. The van der Waals surface area contributed by atoms with Gasteiger partial charge < -0.3 is 5.32 Å². The molecule has 25 heavy (non-hydrogen) atoms. The van der Waals surface area contributed by atoms with Gasteiger partial charge in [0.15, 0.2) is 5.82 Å². The number of nitrogens with zero attached hydrogens (tertiary/aromatic N) is 3. The summed E-state index contributed by atoms with van der Waals surface area (Å²) in [6.07, 6.45) is 5.56. The van der Waals surface area contributed by atoms with E-state index in [4.69, 9.17) is 0 Å². The average molecular weight is 336 g/mol. The minimum atomic E-state index is -0.465. The van der Waals surface area contributed by atoms with Gasteiger partial charge in [-0.1, -0.05) is 24.3 Å². The maximum Gasteiger partial charge on any atom is 0.231 e. The molecule has 4 rings (SSSR count). The van der Waals surface area contributed by atoms with Crippen LogP contribution >= 0.6 is 0 Å². The Hall–Kier alpha value is -3.02. The maximum absolute atomic E-state index is 14.3. The highest BCUT2D eigenvalue weighted by Gasteiger charge is 2.26.